The number of aromatic nitrogens is 4. The smallest absolute Gasteiger partial charge is 0.332 e. The predicted octanol–water partition coefficient (Wildman–Crippen LogP) is -0.115. The van der Waals surface area contributed by atoms with Crippen LogP contribution in [0.15, 0.2) is 14.7 Å². The molecule has 9 heteroatoms. The topological polar surface area (TPSA) is 97.7 Å². The number of aryl methyl sites for hydroxylation is 1. The Morgan fingerprint density at radius 3 is 2.67 bits per heavy atom. The minimum Gasteiger partial charge on any atom is -0.396 e. The summed E-state index contributed by atoms with van der Waals surface area (Å²) in [5, 5.41) is 15.2. The molecule has 0 saturated heterocycles. The first-order valence-corrected chi connectivity index (χ1v) is 8.12. The van der Waals surface area contributed by atoms with Crippen LogP contribution in [0.3, 0.4) is 0 Å². The van der Waals surface area contributed by atoms with E-state index in [0.717, 1.165) is 5.71 Å². The molecule has 0 saturated carbocycles. The highest BCUT2D eigenvalue weighted by Gasteiger charge is 2.26. The van der Waals surface area contributed by atoms with E-state index in [-0.39, 0.29) is 17.9 Å². The fraction of sp³-hybridized carbons (Fsp3) is 0.600. The van der Waals surface area contributed by atoms with Crippen LogP contribution in [0, 0.1) is 0 Å². The zero-order valence-corrected chi connectivity index (χ0v) is 14.2. The molecule has 0 radical (unpaired) electrons. The molecule has 0 unspecified atom stereocenters. The Kier molecular flexibility index (Phi) is 4.27. The Labute approximate surface area is 138 Å². The molecule has 3 heterocycles. The summed E-state index contributed by atoms with van der Waals surface area (Å²) < 4.78 is 4.48. The maximum Gasteiger partial charge on any atom is 0.332 e. The number of hydrogen-bond acceptors (Lipinski definition) is 6. The summed E-state index contributed by atoms with van der Waals surface area (Å²) >= 11 is 0. The van der Waals surface area contributed by atoms with Gasteiger partial charge >= 0.3 is 5.69 Å². The number of hydrazone groups is 1. The molecule has 9 nitrogen and oxygen atoms in total. The van der Waals surface area contributed by atoms with Crippen molar-refractivity contribution in [3.63, 3.8) is 0 Å². The van der Waals surface area contributed by atoms with Gasteiger partial charge in [0.2, 0.25) is 5.95 Å². The first-order chi connectivity index (χ1) is 11.5. The van der Waals surface area contributed by atoms with Gasteiger partial charge in [-0.2, -0.15) is 10.1 Å². The van der Waals surface area contributed by atoms with Crippen LogP contribution in [0.4, 0.5) is 5.95 Å². The van der Waals surface area contributed by atoms with Crippen molar-refractivity contribution >= 4 is 22.8 Å². The molecule has 0 aromatic carbocycles. The van der Waals surface area contributed by atoms with Gasteiger partial charge < -0.3 is 5.11 Å². The molecule has 0 aliphatic carbocycles. The molecule has 24 heavy (non-hydrogen) atoms. The normalized spacial score (nSPS) is 14.2. The predicted molar refractivity (Wildman–Crippen MR) is 91.7 cm³/mol. The fourth-order valence-corrected chi connectivity index (χ4v) is 3.01. The molecule has 3 rings (SSSR count). The van der Waals surface area contributed by atoms with Gasteiger partial charge in [-0.1, -0.05) is 6.92 Å². The molecule has 1 aliphatic rings. The summed E-state index contributed by atoms with van der Waals surface area (Å²) in [6, 6.07) is 0. The SMILES string of the molecule is CCCn1c(=O)c2c(nc3n2CC(C)=NN3CCCO)n(C)c1=O. The summed E-state index contributed by atoms with van der Waals surface area (Å²) in [6.07, 6.45) is 1.24. The van der Waals surface area contributed by atoms with Gasteiger partial charge in [0.1, 0.15) is 0 Å². The van der Waals surface area contributed by atoms with Gasteiger partial charge in [-0.15, -0.1) is 0 Å². The molecular formula is C15H22N6O3. The first-order valence-electron chi connectivity index (χ1n) is 8.12. The minimum absolute atomic E-state index is 0.0487. The molecule has 0 atom stereocenters. The van der Waals surface area contributed by atoms with Gasteiger partial charge in [0, 0.05) is 26.7 Å². The van der Waals surface area contributed by atoms with Crippen LogP contribution in [0.5, 0.6) is 0 Å². The largest absolute Gasteiger partial charge is 0.396 e. The third kappa shape index (κ3) is 2.44. The van der Waals surface area contributed by atoms with Crippen LogP contribution < -0.4 is 16.3 Å². The summed E-state index contributed by atoms with van der Waals surface area (Å²) in [4.78, 5) is 29.8. The van der Waals surface area contributed by atoms with Gasteiger partial charge in [0.15, 0.2) is 11.2 Å². The summed E-state index contributed by atoms with van der Waals surface area (Å²) in [6.45, 7) is 5.19. The highest BCUT2D eigenvalue weighted by molar-refractivity contribution is 5.87. The Bertz CT molecular complexity index is 920. The van der Waals surface area contributed by atoms with Crippen LogP contribution in [0.1, 0.15) is 26.7 Å². The molecular weight excluding hydrogens is 312 g/mol. The lowest BCUT2D eigenvalue weighted by molar-refractivity contribution is 0.289. The van der Waals surface area contributed by atoms with E-state index in [0.29, 0.717) is 49.6 Å². The van der Waals surface area contributed by atoms with Crippen molar-refractivity contribution in [1.82, 2.24) is 18.7 Å². The van der Waals surface area contributed by atoms with Crippen molar-refractivity contribution in [2.24, 2.45) is 12.1 Å². The van der Waals surface area contributed by atoms with Gasteiger partial charge in [0.25, 0.3) is 5.56 Å². The Morgan fingerprint density at radius 1 is 1.25 bits per heavy atom. The molecule has 1 N–H and O–H groups in total. The maximum atomic E-state index is 12.8. The average Bonchev–Trinajstić information content (AvgIpc) is 2.94. The highest BCUT2D eigenvalue weighted by atomic mass is 16.3. The molecule has 0 spiro atoms. The van der Waals surface area contributed by atoms with E-state index in [2.05, 4.69) is 10.1 Å². The minimum atomic E-state index is -0.357. The number of imidazole rings is 1. The fourth-order valence-electron chi connectivity index (χ4n) is 3.01. The van der Waals surface area contributed by atoms with E-state index in [1.165, 1.54) is 9.13 Å². The van der Waals surface area contributed by atoms with E-state index >= 15 is 0 Å². The lowest BCUT2D eigenvalue weighted by Gasteiger charge is -2.24. The Morgan fingerprint density at radius 2 is 2.00 bits per heavy atom. The zero-order chi connectivity index (χ0) is 17.4. The average molecular weight is 334 g/mol. The monoisotopic (exact) mass is 334 g/mol. The van der Waals surface area contributed by atoms with Crippen molar-refractivity contribution < 1.29 is 5.11 Å². The molecule has 0 fully saturated rings. The quantitative estimate of drug-likeness (QED) is 0.822. The Hall–Kier alpha value is -2.42. The molecule has 0 bridgehead atoms. The second kappa shape index (κ2) is 6.23. The summed E-state index contributed by atoms with van der Waals surface area (Å²) in [7, 11) is 1.63. The van der Waals surface area contributed by atoms with Gasteiger partial charge in [-0.05, 0) is 19.8 Å². The first kappa shape index (κ1) is 16.4. The lowest BCUT2D eigenvalue weighted by Crippen LogP contribution is -2.40. The number of anilines is 1. The van der Waals surface area contributed by atoms with Gasteiger partial charge in [-0.25, -0.2) is 9.80 Å². The standard InChI is InChI=1S/C15H22N6O3/c1-4-6-19-13(23)11-12(18(3)15(19)24)16-14-20(11)9-10(2)17-21(14)7-5-8-22/h22H,4-9H2,1-3H3. The third-order valence-corrected chi connectivity index (χ3v) is 4.10. The number of aliphatic hydroxyl groups is 1. The Balaban J connectivity index is 2.28. The molecule has 2 aromatic rings. The van der Waals surface area contributed by atoms with Crippen LogP contribution >= 0.6 is 0 Å². The van der Waals surface area contributed by atoms with E-state index in [1.54, 1.807) is 12.1 Å². The molecule has 130 valence electrons. The summed E-state index contributed by atoms with van der Waals surface area (Å²) in [5.74, 6) is 0.533. The number of aliphatic hydroxyl groups excluding tert-OH is 1. The van der Waals surface area contributed by atoms with Crippen LogP contribution in [0.2, 0.25) is 0 Å². The van der Waals surface area contributed by atoms with Crippen molar-refractivity contribution in [3.05, 3.63) is 20.8 Å². The van der Waals surface area contributed by atoms with Crippen LogP contribution in [0.25, 0.3) is 11.2 Å². The zero-order valence-electron chi connectivity index (χ0n) is 14.2. The lowest BCUT2D eigenvalue weighted by atomic mass is 10.3. The van der Waals surface area contributed by atoms with E-state index < -0.39 is 0 Å². The van der Waals surface area contributed by atoms with Crippen molar-refractivity contribution in [1.29, 1.82) is 0 Å². The number of nitrogens with zero attached hydrogens (tertiary/aromatic N) is 6. The van der Waals surface area contributed by atoms with E-state index in [4.69, 9.17) is 5.11 Å². The van der Waals surface area contributed by atoms with Crippen molar-refractivity contribution in [2.75, 3.05) is 18.2 Å². The number of rotatable bonds is 5. The number of hydrogen-bond donors (Lipinski definition) is 1. The molecule has 1 aliphatic heterocycles. The third-order valence-electron chi connectivity index (χ3n) is 4.10. The molecule has 2 aromatic heterocycles. The maximum absolute atomic E-state index is 12.8. The van der Waals surface area contributed by atoms with Gasteiger partial charge in [0.05, 0.1) is 12.3 Å². The van der Waals surface area contributed by atoms with Gasteiger partial charge in [-0.3, -0.25) is 18.5 Å². The molecule has 0 amide bonds. The second-order valence-corrected chi connectivity index (χ2v) is 6.00. The van der Waals surface area contributed by atoms with Crippen LogP contribution in [-0.4, -0.2) is 42.7 Å². The van der Waals surface area contributed by atoms with Crippen molar-refractivity contribution in [2.45, 2.75) is 39.8 Å². The number of fused-ring (bicyclic) bond motifs is 3. The summed E-state index contributed by atoms with van der Waals surface area (Å²) in [5.41, 5.74) is 0.958. The van der Waals surface area contributed by atoms with E-state index in [1.807, 2.05) is 18.4 Å². The van der Waals surface area contributed by atoms with Crippen molar-refractivity contribution in [3.8, 4) is 0 Å². The van der Waals surface area contributed by atoms with Crippen LogP contribution in [-0.2, 0) is 20.1 Å². The highest BCUT2D eigenvalue weighted by Crippen LogP contribution is 2.23. The van der Waals surface area contributed by atoms with E-state index in [9.17, 15) is 9.59 Å². The second-order valence-electron chi connectivity index (χ2n) is 6.00.